The van der Waals surface area contributed by atoms with Crippen molar-refractivity contribution in [2.75, 3.05) is 5.73 Å². The molecule has 1 amide bonds. The van der Waals surface area contributed by atoms with Crippen molar-refractivity contribution in [2.45, 2.75) is 44.1 Å². The zero-order valence-electron chi connectivity index (χ0n) is 12.1. The molecule has 0 saturated heterocycles. The van der Waals surface area contributed by atoms with Crippen LogP contribution in [0.5, 0.6) is 0 Å². The molecule has 4 saturated carbocycles. The van der Waals surface area contributed by atoms with Gasteiger partial charge in [0.05, 0.1) is 0 Å². The Hall–Kier alpha value is -1.22. The van der Waals surface area contributed by atoms with Crippen molar-refractivity contribution in [3.8, 4) is 0 Å². The number of hydrogen-bond donors (Lipinski definition) is 2. The number of nitrogens with two attached hydrogens (primary N) is 1. The largest absolute Gasteiger partial charge is 0.399 e. The van der Waals surface area contributed by atoms with Crippen LogP contribution in [0.2, 0.25) is 5.02 Å². The summed E-state index contributed by atoms with van der Waals surface area (Å²) in [5.41, 5.74) is 6.94. The van der Waals surface area contributed by atoms with E-state index < -0.39 is 0 Å². The number of nitrogen functional groups attached to an aromatic ring is 1. The number of nitrogens with one attached hydrogen (secondary N) is 1. The van der Waals surface area contributed by atoms with E-state index in [1.165, 1.54) is 19.3 Å². The van der Waals surface area contributed by atoms with Crippen molar-refractivity contribution >= 4 is 23.2 Å². The molecule has 0 heterocycles. The summed E-state index contributed by atoms with van der Waals surface area (Å²) in [5, 5.41) is 3.86. The Morgan fingerprint density at radius 1 is 1.10 bits per heavy atom. The summed E-state index contributed by atoms with van der Waals surface area (Å²) < 4.78 is 0. The van der Waals surface area contributed by atoms with Crippen LogP contribution in [-0.2, 0) is 0 Å². The minimum atomic E-state index is -0.0221. The molecule has 0 aliphatic heterocycles. The van der Waals surface area contributed by atoms with E-state index in [1.807, 2.05) is 0 Å². The van der Waals surface area contributed by atoms with Gasteiger partial charge in [-0.15, -0.1) is 0 Å². The molecule has 3 N–H and O–H groups in total. The molecule has 112 valence electrons. The maximum absolute atomic E-state index is 12.6. The van der Waals surface area contributed by atoms with Crippen LogP contribution in [0, 0.1) is 17.8 Å². The number of amides is 1. The van der Waals surface area contributed by atoms with Gasteiger partial charge in [-0.3, -0.25) is 4.79 Å². The summed E-state index contributed by atoms with van der Waals surface area (Å²) >= 11 is 6.01. The fourth-order valence-corrected chi connectivity index (χ4v) is 5.56. The van der Waals surface area contributed by atoms with Crippen LogP contribution in [0.4, 0.5) is 5.69 Å². The first kappa shape index (κ1) is 13.4. The second kappa shape index (κ2) is 4.64. The first-order valence-electron chi connectivity index (χ1n) is 7.90. The molecule has 21 heavy (non-hydrogen) atoms. The van der Waals surface area contributed by atoms with Gasteiger partial charge >= 0.3 is 0 Å². The van der Waals surface area contributed by atoms with Gasteiger partial charge in [0.25, 0.3) is 5.91 Å². The highest BCUT2D eigenvalue weighted by molar-refractivity contribution is 6.31. The minimum Gasteiger partial charge on any atom is -0.399 e. The van der Waals surface area contributed by atoms with E-state index >= 15 is 0 Å². The molecule has 4 bridgehead atoms. The van der Waals surface area contributed by atoms with Crippen LogP contribution in [0.1, 0.15) is 48.9 Å². The topological polar surface area (TPSA) is 55.1 Å². The lowest BCUT2D eigenvalue weighted by atomic mass is 9.53. The molecule has 0 aromatic heterocycles. The van der Waals surface area contributed by atoms with Gasteiger partial charge in [0.1, 0.15) is 0 Å². The summed E-state index contributed by atoms with van der Waals surface area (Å²) in [6.07, 6.45) is 7.58. The van der Waals surface area contributed by atoms with Gasteiger partial charge < -0.3 is 11.1 Å². The van der Waals surface area contributed by atoms with Crippen molar-refractivity contribution in [3.63, 3.8) is 0 Å². The van der Waals surface area contributed by atoms with Crippen LogP contribution in [-0.4, -0.2) is 11.4 Å². The van der Waals surface area contributed by atoms with Crippen LogP contribution >= 0.6 is 11.6 Å². The van der Waals surface area contributed by atoms with E-state index in [2.05, 4.69) is 5.32 Å². The average molecular weight is 305 g/mol. The molecule has 4 aliphatic carbocycles. The number of rotatable bonds is 2. The summed E-state index contributed by atoms with van der Waals surface area (Å²) in [4.78, 5) is 12.6. The highest BCUT2D eigenvalue weighted by atomic mass is 35.5. The molecular formula is C17H21ClN2O. The van der Waals surface area contributed by atoms with Gasteiger partial charge in [-0.05, 0) is 74.5 Å². The second-order valence-corrected chi connectivity index (χ2v) is 7.86. The zero-order chi connectivity index (χ0) is 14.6. The Kier molecular flexibility index (Phi) is 2.97. The van der Waals surface area contributed by atoms with E-state index in [0.717, 1.165) is 37.0 Å². The SMILES string of the molecule is Nc1cc(Cl)cc(C(=O)NC23CC4CC(CC(C4)C2)C3)c1. The van der Waals surface area contributed by atoms with E-state index in [4.69, 9.17) is 17.3 Å². The summed E-state index contributed by atoms with van der Waals surface area (Å²) in [6.45, 7) is 0. The molecule has 0 unspecified atom stereocenters. The third-order valence-corrected chi connectivity index (χ3v) is 5.82. The summed E-state index contributed by atoms with van der Waals surface area (Å²) in [6, 6.07) is 5.08. The first-order valence-corrected chi connectivity index (χ1v) is 8.28. The quantitative estimate of drug-likeness (QED) is 0.820. The molecule has 1 aromatic rings. The maximum atomic E-state index is 12.6. The highest BCUT2D eigenvalue weighted by Crippen LogP contribution is 2.55. The monoisotopic (exact) mass is 304 g/mol. The molecule has 5 rings (SSSR count). The summed E-state index contributed by atoms with van der Waals surface area (Å²) in [7, 11) is 0. The van der Waals surface area contributed by atoms with E-state index in [1.54, 1.807) is 18.2 Å². The zero-order valence-corrected chi connectivity index (χ0v) is 12.8. The molecule has 4 aliphatic rings. The normalized spacial score (nSPS) is 36.7. The van der Waals surface area contributed by atoms with Gasteiger partial charge in [0.15, 0.2) is 0 Å². The van der Waals surface area contributed by atoms with Crippen LogP contribution in [0.25, 0.3) is 0 Å². The van der Waals surface area contributed by atoms with Gasteiger partial charge in [-0.1, -0.05) is 11.6 Å². The molecule has 0 spiro atoms. The molecule has 4 fully saturated rings. The van der Waals surface area contributed by atoms with Crippen molar-refractivity contribution in [1.82, 2.24) is 5.32 Å². The molecular weight excluding hydrogens is 284 g/mol. The number of anilines is 1. The minimum absolute atomic E-state index is 0.0221. The number of hydrogen-bond acceptors (Lipinski definition) is 2. The van der Waals surface area contributed by atoms with E-state index in [9.17, 15) is 4.79 Å². The number of halogens is 1. The highest BCUT2D eigenvalue weighted by Gasteiger charge is 2.51. The molecule has 0 atom stereocenters. The second-order valence-electron chi connectivity index (χ2n) is 7.43. The predicted octanol–water partition coefficient (Wildman–Crippen LogP) is 3.62. The standard InChI is InChI=1S/C17H21ClN2O/c18-14-4-13(5-15(19)6-14)16(21)20-17-7-10-1-11(8-17)3-12(2-10)9-17/h4-6,10-12H,1-3,7-9,19H2,(H,20,21). The Morgan fingerprint density at radius 2 is 1.67 bits per heavy atom. The van der Waals surface area contributed by atoms with E-state index in [-0.39, 0.29) is 11.4 Å². The maximum Gasteiger partial charge on any atom is 0.251 e. The van der Waals surface area contributed by atoms with Crippen molar-refractivity contribution in [3.05, 3.63) is 28.8 Å². The Balaban J connectivity index is 1.56. The fraction of sp³-hybridized carbons (Fsp3) is 0.588. The van der Waals surface area contributed by atoms with Gasteiger partial charge in [-0.2, -0.15) is 0 Å². The third-order valence-electron chi connectivity index (χ3n) is 5.60. The Bertz CT molecular complexity index is 543. The van der Waals surface area contributed by atoms with Crippen LogP contribution < -0.4 is 11.1 Å². The Morgan fingerprint density at radius 3 is 2.19 bits per heavy atom. The predicted molar refractivity (Wildman–Crippen MR) is 84.2 cm³/mol. The van der Waals surface area contributed by atoms with Crippen LogP contribution in [0.15, 0.2) is 18.2 Å². The number of carbonyl (C=O) groups is 1. The van der Waals surface area contributed by atoms with Crippen molar-refractivity contribution in [2.24, 2.45) is 17.8 Å². The van der Waals surface area contributed by atoms with Crippen LogP contribution in [0.3, 0.4) is 0 Å². The Labute approximate surface area is 130 Å². The van der Waals surface area contributed by atoms with Crippen molar-refractivity contribution in [1.29, 1.82) is 0 Å². The lowest BCUT2D eigenvalue weighted by Gasteiger charge is -2.56. The lowest BCUT2D eigenvalue weighted by molar-refractivity contribution is -0.0167. The van der Waals surface area contributed by atoms with Gasteiger partial charge in [0.2, 0.25) is 0 Å². The van der Waals surface area contributed by atoms with E-state index in [0.29, 0.717) is 16.3 Å². The average Bonchev–Trinajstić information content (AvgIpc) is 2.35. The van der Waals surface area contributed by atoms with Crippen molar-refractivity contribution < 1.29 is 4.79 Å². The number of benzene rings is 1. The fourth-order valence-electron chi connectivity index (χ4n) is 5.32. The number of carbonyl (C=O) groups excluding carboxylic acids is 1. The summed E-state index contributed by atoms with van der Waals surface area (Å²) in [5.74, 6) is 2.44. The first-order chi connectivity index (χ1) is 10.0. The molecule has 1 aromatic carbocycles. The third kappa shape index (κ3) is 2.42. The molecule has 3 nitrogen and oxygen atoms in total. The lowest BCUT2D eigenvalue weighted by Crippen LogP contribution is -2.59. The molecule has 4 heteroatoms. The van der Waals surface area contributed by atoms with Gasteiger partial charge in [-0.25, -0.2) is 0 Å². The molecule has 0 radical (unpaired) electrons. The van der Waals surface area contributed by atoms with Gasteiger partial charge in [0, 0.05) is 21.8 Å². The smallest absolute Gasteiger partial charge is 0.251 e.